The molecule has 1 N–H and O–H groups in total. The van der Waals surface area contributed by atoms with E-state index in [0.29, 0.717) is 12.4 Å². The maximum absolute atomic E-state index is 12.5. The van der Waals surface area contributed by atoms with Crippen molar-refractivity contribution in [1.29, 1.82) is 0 Å². The first-order valence-corrected chi connectivity index (χ1v) is 6.83. The highest BCUT2D eigenvalue weighted by Crippen LogP contribution is 2.39. The van der Waals surface area contributed by atoms with Crippen molar-refractivity contribution >= 4 is 17.4 Å². The molecular weight excluding hydrogens is 277 g/mol. The Hall–Kier alpha value is -0.970. The van der Waals surface area contributed by atoms with Crippen molar-refractivity contribution in [2.75, 3.05) is 17.7 Å². The van der Waals surface area contributed by atoms with Crippen LogP contribution in [0.1, 0.15) is 31.4 Å². The van der Waals surface area contributed by atoms with Crippen molar-refractivity contribution in [2.45, 2.75) is 31.9 Å². The molecule has 106 valence electrons. The van der Waals surface area contributed by atoms with Crippen LogP contribution in [0.4, 0.5) is 19.0 Å². The molecule has 0 unspecified atom stereocenters. The summed E-state index contributed by atoms with van der Waals surface area (Å²) in [4.78, 5) is 3.59. The van der Waals surface area contributed by atoms with Gasteiger partial charge in [0.15, 0.2) is 0 Å². The molecule has 0 atom stereocenters. The zero-order valence-electron chi connectivity index (χ0n) is 10.4. The van der Waals surface area contributed by atoms with Gasteiger partial charge in [0.25, 0.3) is 0 Å². The molecule has 2 nitrogen and oxygen atoms in total. The second-order valence-corrected chi connectivity index (χ2v) is 5.37. The maximum atomic E-state index is 12.5. The van der Waals surface area contributed by atoms with E-state index < -0.39 is 11.9 Å². The quantitative estimate of drug-likeness (QED) is 0.836. The van der Waals surface area contributed by atoms with Gasteiger partial charge in [-0.3, -0.25) is 0 Å². The van der Waals surface area contributed by atoms with Gasteiger partial charge < -0.3 is 5.32 Å². The number of halogens is 4. The third-order valence-corrected chi connectivity index (χ3v) is 4.20. The predicted octanol–water partition coefficient (Wildman–Crippen LogP) is 4.31. The van der Waals surface area contributed by atoms with Gasteiger partial charge in [0.05, 0.1) is 0 Å². The summed E-state index contributed by atoms with van der Waals surface area (Å²) in [6.45, 7) is 0.574. The number of pyridine rings is 1. The summed E-state index contributed by atoms with van der Waals surface area (Å²) in [6.07, 6.45) is -0.116. The Balaban J connectivity index is 2.03. The van der Waals surface area contributed by atoms with E-state index in [9.17, 15) is 13.2 Å². The molecule has 0 spiro atoms. The Morgan fingerprint density at radius 2 is 1.95 bits per heavy atom. The van der Waals surface area contributed by atoms with Gasteiger partial charge in [-0.25, -0.2) is 4.98 Å². The van der Waals surface area contributed by atoms with Gasteiger partial charge in [0, 0.05) is 17.8 Å². The molecule has 0 radical (unpaired) electrons. The molecule has 1 aromatic heterocycles. The van der Waals surface area contributed by atoms with Crippen molar-refractivity contribution in [1.82, 2.24) is 4.98 Å². The lowest BCUT2D eigenvalue weighted by molar-refractivity contribution is -0.141. The molecule has 0 amide bonds. The Morgan fingerprint density at radius 3 is 2.53 bits per heavy atom. The van der Waals surface area contributed by atoms with Crippen molar-refractivity contribution in [3.05, 3.63) is 23.9 Å². The smallest absolute Gasteiger partial charge is 0.369 e. The van der Waals surface area contributed by atoms with E-state index in [-0.39, 0.29) is 11.2 Å². The molecule has 1 saturated carbocycles. The average Bonchev–Trinajstić information content (AvgIpc) is 2.85. The van der Waals surface area contributed by atoms with Crippen molar-refractivity contribution in [2.24, 2.45) is 5.41 Å². The highest BCUT2D eigenvalue weighted by molar-refractivity contribution is 6.18. The van der Waals surface area contributed by atoms with Crippen molar-refractivity contribution in [3.63, 3.8) is 0 Å². The van der Waals surface area contributed by atoms with Crippen LogP contribution >= 0.6 is 11.6 Å². The summed E-state index contributed by atoms with van der Waals surface area (Å²) >= 11 is 5.99. The molecular formula is C13H16ClF3N2. The number of nitrogens with zero attached hydrogens (tertiary/aromatic N) is 1. The number of hydrogen-bond acceptors (Lipinski definition) is 2. The Morgan fingerprint density at radius 1 is 1.26 bits per heavy atom. The topological polar surface area (TPSA) is 24.9 Å². The first-order valence-electron chi connectivity index (χ1n) is 6.29. The standard InChI is InChI=1S/C13H16ClF3N2/c14-8-12(6-1-2-7-12)9-18-11-5-3-4-10(19-11)13(15,16)17/h3-5H,1-2,6-9H2,(H,18,19). The monoisotopic (exact) mass is 292 g/mol. The zero-order chi connectivity index (χ0) is 13.9. The molecule has 1 aliphatic carbocycles. The zero-order valence-corrected chi connectivity index (χ0v) is 11.2. The third-order valence-electron chi connectivity index (χ3n) is 3.63. The molecule has 1 aliphatic rings. The highest BCUT2D eigenvalue weighted by Gasteiger charge is 2.34. The van der Waals surface area contributed by atoms with Crippen molar-refractivity contribution < 1.29 is 13.2 Å². The number of nitrogens with one attached hydrogen (secondary N) is 1. The van der Waals surface area contributed by atoms with Crippen LogP contribution in [0.5, 0.6) is 0 Å². The van der Waals surface area contributed by atoms with E-state index in [1.165, 1.54) is 6.07 Å². The molecule has 0 saturated heterocycles. The van der Waals surface area contributed by atoms with E-state index in [1.807, 2.05) is 0 Å². The van der Waals surface area contributed by atoms with Crippen LogP contribution in [0.3, 0.4) is 0 Å². The number of hydrogen-bond donors (Lipinski definition) is 1. The van der Waals surface area contributed by atoms with Crippen LogP contribution < -0.4 is 5.32 Å². The summed E-state index contributed by atoms with van der Waals surface area (Å²) in [7, 11) is 0. The fourth-order valence-corrected chi connectivity index (χ4v) is 2.81. The largest absolute Gasteiger partial charge is 0.433 e. The Labute approximate surface area is 115 Å². The third kappa shape index (κ3) is 3.53. The molecule has 0 bridgehead atoms. The lowest BCUT2D eigenvalue weighted by Crippen LogP contribution is -2.29. The minimum absolute atomic E-state index is 0.00251. The molecule has 1 heterocycles. The van der Waals surface area contributed by atoms with Gasteiger partial charge in [0.1, 0.15) is 11.5 Å². The number of aromatic nitrogens is 1. The molecule has 0 aromatic carbocycles. The van der Waals surface area contributed by atoms with Gasteiger partial charge in [-0.05, 0) is 25.0 Å². The molecule has 2 rings (SSSR count). The molecule has 6 heteroatoms. The van der Waals surface area contributed by atoms with Crippen LogP contribution in [0.2, 0.25) is 0 Å². The van der Waals surface area contributed by atoms with Crippen molar-refractivity contribution in [3.8, 4) is 0 Å². The molecule has 0 aliphatic heterocycles. The number of rotatable bonds is 4. The molecule has 19 heavy (non-hydrogen) atoms. The minimum atomic E-state index is -4.41. The second kappa shape index (κ2) is 5.57. The van der Waals surface area contributed by atoms with Gasteiger partial charge in [0.2, 0.25) is 0 Å². The lowest BCUT2D eigenvalue weighted by Gasteiger charge is -2.26. The van der Waals surface area contributed by atoms with Crippen LogP contribution in [0.25, 0.3) is 0 Å². The minimum Gasteiger partial charge on any atom is -0.369 e. The lowest BCUT2D eigenvalue weighted by atomic mass is 9.88. The fraction of sp³-hybridized carbons (Fsp3) is 0.615. The normalized spacial score (nSPS) is 18.5. The summed E-state index contributed by atoms with van der Waals surface area (Å²) in [5.41, 5.74) is -0.874. The van der Waals surface area contributed by atoms with Gasteiger partial charge >= 0.3 is 6.18 Å². The van der Waals surface area contributed by atoms with Gasteiger partial charge in [-0.2, -0.15) is 13.2 Å². The summed E-state index contributed by atoms with van der Waals surface area (Å²) < 4.78 is 37.6. The number of anilines is 1. The van der Waals surface area contributed by atoms with E-state index in [2.05, 4.69) is 10.3 Å². The van der Waals surface area contributed by atoms with E-state index >= 15 is 0 Å². The van der Waals surface area contributed by atoms with E-state index in [4.69, 9.17) is 11.6 Å². The summed E-state index contributed by atoms with van der Waals surface area (Å²) in [5.74, 6) is 0.783. The number of alkyl halides is 4. The van der Waals surface area contributed by atoms with E-state index in [0.717, 1.165) is 31.7 Å². The first kappa shape index (κ1) is 14.4. The summed E-state index contributed by atoms with van der Waals surface area (Å²) in [5, 5.41) is 3.00. The van der Waals surface area contributed by atoms with Crippen LogP contribution in [0, 0.1) is 5.41 Å². The summed E-state index contributed by atoms with van der Waals surface area (Å²) in [6, 6.07) is 3.88. The Kier molecular flexibility index (Phi) is 4.23. The fourth-order valence-electron chi connectivity index (χ4n) is 2.45. The van der Waals surface area contributed by atoms with E-state index in [1.54, 1.807) is 6.07 Å². The maximum Gasteiger partial charge on any atom is 0.433 e. The molecule has 1 fully saturated rings. The van der Waals surface area contributed by atoms with Gasteiger partial charge in [-0.15, -0.1) is 11.6 Å². The highest BCUT2D eigenvalue weighted by atomic mass is 35.5. The SMILES string of the molecule is FC(F)(F)c1cccc(NCC2(CCl)CCCC2)n1. The Bertz CT molecular complexity index is 428. The average molecular weight is 293 g/mol. The second-order valence-electron chi connectivity index (χ2n) is 5.10. The van der Waals surface area contributed by atoms with Gasteiger partial charge in [-0.1, -0.05) is 18.9 Å². The van der Waals surface area contributed by atoms with Crippen LogP contribution in [0.15, 0.2) is 18.2 Å². The van der Waals surface area contributed by atoms with Crippen LogP contribution in [-0.4, -0.2) is 17.4 Å². The molecule has 1 aromatic rings. The predicted molar refractivity (Wildman–Crippen MR) is 69.3 cm³/mol. The van der Waals surface area contributed by atoms with Crippen LogP contribution in [-0.2, 0) is 6.18 Å². The first-order chi connectivity index (χ1) is 8.95.